The maximum absolute atomic E-state index is 13.5. The van der Waals surface area contributed by atoms with Gasteiger partial charge in [-0.1, -0.05) is 18.2 Å². The van der Waals surface area contributed by atoms with Crippen LogP contribution in [0.3, 0.4) is 0 Å². The molecule has 5 heteroatoms. The maximum Gasteiger partial charge on any atom is 0.142 e. The zero-order valence-corrected chi connectivity index (χ0v) is 10.6. The van der Waals surface area contributed by atoms with E-state index < -0.39 is 0 Å². The van der Waals surface area contributed by atoms with Gasteiger partial charge in [0.2, 0.25) is 0 Å². The lowest BCUT2D eigenvalue weighted by Crippen LogP contribution is -2.16. The zero-order chi connectivity index (χ0) is 12.4. The molecule has 0 amide bonds. The summed E-state index contributed by atoms with van der Waals surface area (Å²) in [7, 11) is 1.91. The van der Waals surface area contributed by atoms with E-state index in [0.29, 0.717) is 17.9 Å². The van der Waals surface area contributed by atoms with Gasteiger partial charge in [0.05, 0.1) is 0 Å². The highest BCUT2D eigenvalue weighted by Crippen LogP contribution is 2.29. The minimum absolute atomic E-state index is 0.186. The highest BCUT2D eigenvalue weighted by molar-refractivity contribution is 7.10. The normalized spacial score (nSPS) is 10.5. The smallest absolute Gasteiger partial charge is 0.142 e. The van der Waals surface area contributed by atoms with Gasteiger partial charge >= 0.3 is 0 Å². The molecule has 17 heavy (non-hydrogen) atoms. The Bertz CT molecular complexity index is 524. The first-order valence-electron chi connectivity index (χ1n) is 5.26. The van der Waals surface area contributed by atoms with Crippen LogP contribution in [0.15, 0.2) is 24.3 Å². The van der Waals surface area contributed by atoms with Crippen molar-refractivity contribution >= 4 is 22.4 Å². The zero-order valence-electron chi connectivity index (χ0n) is 9.77. The number of hydrogen-bond acceptors (Lipinski definition) is 4. The van der Waals surface area contributed by atoms with Crippen molar-refractivity contribution in [3.8, 4) is 0 Å². The van der Waals surface area contributed by atoms with Gasteiger partial charge in [-0.2, -0.15) is 4.37 Å². The second kappa shape index (κ2) is 4.71. The summed E-state index contributed by atoms with van der Waals surface area (Å²) in [6, 6.07) is 6.78. The number of nitrogens with two attached hydrogens (primary N) is 1. The molecule has 0 spiro atoms. The molecule has 1 heterocycles. The van der Waals surface area contributed by atoms with Crippen molar-refractivity contribution in [2.45, 2.75) is 13.5 Å². The summed E-state index contributed by atoms with van der Waals surface area (Å²) < 4.78 is 17.6. The van der Waals surface area contributed by atoms with Crippen LogP contribution in [0, 0.1) is 12.7 Å². The van der Waals surface area contributed by atoms with Gasteiger partial charge < -0.3 is 10.6 Å². The van der Waals surface area contributed by atoms with E-state index in [1.807, 2.05) is 24.9 Å². The molecule has 0 aliphatic heterocycles. The van der Waals surface area contributed by atoms with Gasteiger partial charge in [0.25, 0.3) is 0 Å². The molecule has 2 rings (SSSR count). The molecule has 0 aliphatic carbocycles. The topological polar surface area (TPSA) is 42.1 Å². The molecule has 3 nitrogen and oxygen atoms in total. The third-order valence-electron chi connectivity index (χ3n) is 2.65. The Morgan fingerprint density at radius 2 is 2.12 bits per heavy atom. The molecule has 0 saturated carbocycles. The van der Waals surface area contributed by atoms with E-state index in [1.54, 1.807) is 12.1 Å². The molecule has 0 fully saturated rings. The van der Waals surface area contributed by atoms with Crippen LogP contribution in [0.2, 0.25) is 0 Å². The Morgan fingerprint density at radius 1 is 1.41 bits per heavy atom. The van der Waals surface area contributed by atoms with E-state index in [9.17, 15) is 4.39 Å². The quantitative estimate of drug-likeness (QED) is 0.912. The molecule has 0 unspecified atom stereocenters. The van der Waals surface area contributed by atoms with Crippen molar-refractivity contribution in [3.63, 3.8) is 0 Å². The lowest BCUT2D eigenvalue weighted by molar-refractivity contribution is 0.608. The highest BCUT2D eigenvalue weighted by Gasteiger charge is 2.12. The summed E-state index contributed by atoms with van der Waals surface area (Å²) in [5, 5.41) is 0.978. The van der Waals surface area contributed by atoms with Gasteiger partial charge in [0, 0.05) is 24.7 Å². The minimum atomic E-state index is -0.186. The summed E-state index contributed by atoms with van der Waals surface area (Å²) in [6.07, 6.45) is 0. The first-order chi connectivity index (χ1) is 8.09. The molecule has 2 N–H and O–H groups in total. The van der Waals surface area contributed by atoms with Crippen molar-refractivity contribution in [1.82, 2.24) is 4.37 Å². The number of benzene rings is 1. The van der Waals surface area contributed by atoms with Crippen LogP contribution in [0.1, 0.15) is 11.1 Å². The van der Waals surface area contributed by atoms with Crippen molar-refractivity contribution < 1.29 is 4.39 Å². The Hall–Kier alpha value is -1.62. The third-order valence-corrected chi connectivity index (χ3v) is 3.73. The van der Waals surface area contributed by atoms with E-state index in [1.165, 1.54) is 17.6 Å². The van der Waals surface area contributed by atoms with Crippen molar-refractivity contribution in [3.05, 3.63) is 41.2 Å². The van der Waals surface area contributed by atoms with Gasteiger partial charge in [0.1, 0.15) is 16.6 Å². The van der Waals surface area contributed by atoms with Gasteiger partial charge in [0.15, 0.2) is 0 Å². The second-order valence-corrected chi connectivity index (χ2v) is 4.70. The first kappa shape index (κ1) is 11.9. The number of aromatic nitrogens is 1. The predicted octanol–water partition coefficient (Wildman–Crippen LogP) is 2.81. The number of rotatable bonds is 3. The molecule has 0 atom stereocenters. The summed E-state index contributed by atoms with van der Waals surface area (Å²) in [5.74, 6) is 0.361. The largest absolute Gasteiger partial charge is 0.383 e. The lowest BCUT2D eigenvalue weighted by Gasteiger charge is -2.18. The van der Waals surface area contributed by atoms with E-state index in [4.69, 9.17) is 5.73 Å². The number of halogens is 1. The molecule has 1 aromatic carbocycles. The molecule has 0 saturated heterocycles. The fraction of sp³-hybridized carbons (Fsp3) is 0.250. The van der Waals surface area contributed by atoms with Crippen LogP contribution in [0.4, 0.5) is 15.2 Å². The Kier molecular flexibility index (Phi) is 3.28. The van der Waals surface area contributed by atoms with Crippen LogP contribution >= 0.6 is 11.5 Å². The van der Waals surface area contributed by atoms with Crippen LogP contribution in [0.25, 0.3) is 0 Å². The Balaban J connectivity index is 2.20. The maximum atomic E-state index is 13.5. The average Bonchev–Trinajstić information content (AvgIpc) is 2.63. The monoisotopic (exact) mass is 251 g/mol. The number of hydrogen-bond donors (Lipinski definition) is 1. The van der Waals surface area contributed by atoms with E-state index in [-0.39, 0.29) is 5.82 Å². The Morgan fingerprint density at radius 3 is 2.71 bits per heavy atom. The Labute approximate surface area is 104 Å². The number of anilines is 2. The summed E-state index contributed by atoms with van der Waals surface area (Å²) in [5.41, 5.74) is 7.32. The molecule has 0 radical (unpaired) electrons. The van der Waals surface area contributed by atoms with Gasteiger partial charge in [-0.05, 0) is 24.5 Å². The molecule has 90 valence electrons. The molecule has 0 bridgehead atoms. The molecular weight excluding hydrogens is 237 g/mol. The summed E-state index contributed by atoms with van der Waals surface area (Å²) in [6.45, 7) is 2.43. The minimum Gasteiger partial charge on any atom is -0.383 e. The van der Waals surface area contributed by atoms with Crippen molar-refractivity contribution in [1.29, 1.82) is 0 Å². The fourth-order valence-electron chi connectivity index (χ4n) is 1.65. The predicted molar refractivity (Wildman–Crippen MR) is 69.8 cm³/mol. The van der Waals surface area contributed by atoms with E-state index in [2.05, 4.69) is 4.37 Å². The standard InChI is InChI=1S/C12H14FN3S/c1-8-11(14)15-17-12(8)16(2)7-9-5-3-4-6-10(9)13/h3-6H,7H2,1-2H3,(H2,14,15). The van der Waals surface area contributed by atoms with E-state index in [0.717, 1.165) is 10.6 Å². The van der Waals surface area contributed by atoms with Gasteiger partial charge in [-0.3, -0.25) is 0 Å². The van der Waals surface area contributed by atoms with Crippen LogP contribution in [-0.4, -0.2) is 11.4 Å². The van der Waals surface area contributed by atoms with E-state index >= 15 is 0 Å². The van der Waals surface area contributed by atoms with Crippen LogP contribution in [0.5, 0.6) is 0 Å². The SMILES string of the molecule is Cc1c(N)nsc1N(C)Cc1ccccc1F. The second-order valence-electron chi connectivity index (χ2n) is 3.95. The molecule has 2 aromatic rings. The fourth-order valence-corrected chi connectivity index (χ4v) is 2.42. The van der Waals surface area contributed by atoms with Crippen molar-refractivity contribution in [2.24, 2.45) is 0 Å². The average molecular weight is 251 g/mol. The third kappa shape index (κ3) is 2.39. The molecular formula is C12H14FN3S. The van der Waals surface area contributed by atoms with Gasteiger partial charge in [-0.15, -0.1) is 0 Å². The number of nitrogens with zero attached hydrogens (tertiary/aromatic N) is 2. The highest BCUT2D eigenvalue weighted by atomic mass is 32.1. The summed E-state index contributed by atoms with van der Waals surface area (Å²) >= 11 is 1.34. The lowest BCUT2D eigenvalue weighted by atomic mass is 10.2. The molecule has 1 aromatic heterocycles. The van der Waals surface area contributed by atoms with Gasteiger partial charge in [-0.25, -0.2) is 4.39 Å². The van der Waals surface area contributed by atoms with Crippen molar-refractivity contribution in [2.75, 3.05) is 17.7 Å². The summed E-state index contributed by atoms with van der Waals surface area (Å²) in [4.78, 5) is 1.96. The number of nitrogen functional groups attached to an aromatic ring is 1. The van der Waals surface area contributed by atoms with Crippen LogP contribution < -0.4 is 10.6 Å². The van der Waals surface area contributed by atoms with Crippen LogP contribution in [-0.2, 0) is 6.54 Å². The molecule has 0 aliphatic rings. The first-order valence-corrected chi connectivity index (χ1v) is 6.03.